The summed E-state index contributed by atoms with van der Waals surface area (Å²) in [6.07, 6.45) is 2.66. The van der Waals surface area contributed by atoms with Crippen molar-refractivity contribution < 1.29 is 51.0 Å². The van der Waals surface area contributed by atoms with Gasteiger partial charge in [-0.05, 0) is 0 Å². The molecule has 3 atom stereocenters. The Bertz CT molecular complexity index is 1130. The van der Waals surface area contributed by atoms with Crippen molar-refractivity contribution in [3.05, 3.63) is 27.2 Å². The van der Waals surface area contributed by atoms with E-state index in [1.54, 1.807) is 21.1 Å². The molecule has 0 aromatic carbocycles. The van der Waals surface area contributed by atoms with Crippen molar-refractivity contribution in [1.29, 1.82) is 0 Å². The van der Waals surface area contributed by atoms with Gasteiger partial charge in [-0.1, -0.05) is 0 Å². The van der Waals surface area contributed by atoms with Crippen molar-refractivity contribution in [3.8, 4) is 0 Å². The van der Waals surface area contributed by atoms with Gasteiger partial charge in [-0.15, -0.1) is 0 Å². The van der Waals surface area contributed by atoms with Gasteiger partial charge in [0.1, 0.15) is 5.52 Å². The van der Waals surface area contributed by atoms with Crippen molar-refractivity contribution in [2.75, 3.05) is 13.7 Å². The first-order valence-corrected chi connectivity index (χ1v) is 14.6. The van der Waals surface area contributed by atoms with Crippen LogP contribution in [0.3, 0.4) is 0 Å². The number of rotatable bonds is 6. The predicted molar refractivity (Wildman–Crippen MR) is 121 cm³/mol. The molecule has 2 heterocycles. The molecule has 0 radical (unpaired) electrons. The Balaban J connectivity index is 0.000000356. The predicted octanol–water partition coefficient (Wildman–Crippen LogP) is -0.255. The second-order valence-electron chi connectivity index (χ2n) is 9.15. The maximum Gasteiger partial charge on any atom is 0.332 e. The van der Waals surface area contributed by atoms with Gasteiger partial charge in [0.15, 0.2) is 5.65 Å². The largest absolute Gasteiger partial charge is 0.412 e. The molecule has 0 spiro atoms. The number of aromatic nitrogens is 4. The average Bonchev–Trinajstić information content (AvgIpc) is 3.35. The number of carboxylic acid groups (broad SMARTS) is 1. The Hall–Kier alpha value is -2.05. The molecule has 2 aromatic rings. The second-order valence-corrected chi connectivity index (χ2v) is 11.4. The van der Waals surface area contributed by atoms with Gasteiger partial charge in [-0.25, -0.2) is 9.78 Å². The minimum Gasteiger partial charge on any atom is -0.412 e. The summed E-state index contributed by atoms with van der Waals surface area (Å²) in [5.74, 6) is -1.10. The number of imidazole rings is 1. The fourth-order valence-corrected chi connectivity index (χ4v) is 5.96. The number of fused-ring (bicyclic) bond motifs is 1. The third-order valence-electron chi connectivity index (χ3n) is 7.20. The number of carbonyl (C=O) groups excluding carboxylic acids is 1. The monoisotopic (exact) mass is 670 g/mol. The topological polar surface area (TPSA) is 180 Å². The van der Waals surface area contributed by atoms with Gasteiger partial charge >= 0.3 is 142 Å². The van der Waals surface area contributed by atoms with Crippen LogP contribution in [-0.4, -0.2) is 61.3 Å². The molecular weight excluding hydrogens is 635 g/mol. The normalized spacial score (nSPS) is 21.8. The molecular formula is C21H34HgN5O7. The van der Waals surface area contributed by atoms with E-state index in [1.807, 2.05) is 13.8 Å². The van der Waals surface area contributed by atoms with E-state index in [9.17, 15) is 24.3 Å². The fraction of sp³-hybridized carbons (Fsp3) is 0.667. The van der Waals surface area contributed by atoms with E-state index in [0.717, 1.165) is 8.50 Å². The molecule has 34 heavy (non-hydrogen) atoms. The number of carboxylic acids is 1. The summed E-state index contributed by atoms with van der Waals surface area (Å²) in [5.41, 5.74) is -1.37. The minimum absolute atomic E-state index is 0. The molecule has 12 nitrogen and oxygen atoms in total. The Labute approximate surface area is 213 Å². The van der Waals surface area contributed by atoms with Crippen LogP contribution in [0.4, 0.5) is 0 Å². The van der Waals surface area contributed by atoms with Crippen LogP contribution < -0.4 is 16.6 Å². The van der Waals surface area contributed by atoms with Crippen molar-refractivity contribution in [1.82, 2.24) is 24.4 Å². The first-order chi connectivity index (χ1) is 15.3. The first kappa shape index (κ1) is 30.0. The summed E-state index contributed by atoms with van der Waals surface area (Å²) in [4.78, 5) is 53.3. The van der Waals surface area contributed by atoms with Gasteiger partial charge in [0.25, 0.3) is 5.56 Å². The molecule has 1 aliphatic rings. The number of amides is 1. The Morgan fingerprint density at radius 1 is 1.32 bits per heavy atom. The van der Waals surface area contributed by atoms with Gasteiger partial charge in [0, 0.05) is 14.1 Å². The van der Waals surface area contributed by atoms with Crippen LogP contribution in [0.1, 0.15) is 33.6 Å². The third-order valence-corrected chi connectivity index (χ3v) is 9.71. The van der Waals surface area contributed by atoms with Crippen molar-refractivity contribution in [2.45, 2.75) is 43.6 Å². The number of aliphatic carboxylic acids is 1. The number of hydrogen-bond acceptors (Lipinski definition) is 6. The summed E-state index contributed by atoms with van der Waals surface area (Å²) >= 11 is 0.639. The summed E-state index contributed by atoms with van der Waals surface area (Å²) in [7, 11) is 4.67. The number of nitrogens with zero attached hydrogens (tertiary/aromatic N) is 3. The van der Waals surface area contributed by atoms with Crippen LogP contribution in [0, 0.1) is 16.7 Å². The Kier molecular flexibility index (Phi) is 10.2. The first-order valence-electron chi connectivity index (χ1n) is 10.8. The third kappa shape index (κ3) is 5.43. The molecule has 13 heteroatoms. The Morgan fingerprint density at radius 3 is 2.44 bits per heavy atom. The van der Waals surface area contributed by atoms with Crippen molar-refractivity contribution >= 4 is 23.0 Å². The van der Waals surface area contributed by atoms with Crippen LogP contribution in [0.2, 0.25) is 3.93 Å². The number of aryl methyl sites for hydroxylation is 1. The van der Waals surface area contributed by atoms with E-state index in [0.29, 0.717) is 56.7 Å². The molecule has 3 rings (SSSR count). The zero-order valence-corrected chi connectivity index (χ0v) is 26.1. The van der Waals surface area contributed by atoms with E-state index >= 15 is 0 Å². The summed E-state index contributed by atoms with van der Waals surface area (Å²) < 4.78 is 8.68. The van der Waals surface area contributed by atoms with Crippen molar-refractivity contribution in [3.63, 3.8) is 0 Å². The van der Waals surface area contributed by atoms with Gasteiger partial charge < -0.3 is 10.5 Å². The number of hydrogen-bond donors (Lipinski definition) is 3. The maximum atomic E-state index is 12.4. The number of aromatic amines is 1. The summed E-state index contributed by atoms with van der Waals surface area (Å²) in [5, 5.41) is 12.4. The quantitative estimate of drug-likeness (QED) is 0.355. The van der Waals surface area contributed by atoms with Crippen molar-refractivity contribution in [2.24, 2.45) is 30.8 Å². The van der Waals surface area contributed by atoms with E-state index in [2.05, 4.69) is 15.3 Å². The molecule has 187 valence electrons. The molecule has 0 aliphatic heterocycles. The van der Waals surface area contributed by atoms with Gasteiger partial charge in [-0.2, -0.15) is 0 Å². The molecule has 3 unspecified atom stereocenters. The van der Waals surface area contributed by atoms with Gasteiger partial charge in [-0.3, -0.25) is 13.9 Å². The molecule has 2 aromatic heterocycles. The standard InChI is InChI=1S/C14H24NO4.C7H8N4O2.Hg.H2O/c1-9(19-5)8-15-11(16)10-6-7-14(4,12(17)18)13(10,2)3;1-10-5-4(8-3-9-5)6(12)11(2)7(10)13;;/h9-10H,1,6-8H2,2-5H3,(H,15,16)(H,17,18);3H,1-2H3,(H,8,9);;1H2. The smallest absolute Gasteiger partial charge is 0.332 e. The molecule has 5 N–H and O–H groups in total. The zero-order valence-electron chi connectivity index (χ0n) is 20.6. The van der Waals surface area contributed by atoms with Crippen LogP contribution in [0.5, 0.6) is 0 Å². The SMILES string of the molecule is COC([CH2][Hg])CNC(=O)C1CCC(C)(C(=O)O)C1(C)C.Cn1c(=O)c2[nH]cnc2n(C)c1=O.O. The number of methoxy groups -OCH3 is 1. The summed E-state index contributed by atoms with van der Waals surface area (Å²) in [6.45, 7) is 6.05. The summed E-state index contributed by atoms with van der Waals surface area (Å²) in [6, 6.07) is 0. The van der Waals surface area contributed by atoms with Gasteiger partial charge in [0.05, 0.1) is 6.33 Å². The molecule has 1 amide bonds. The minimum atomic E-state index is -0.837. The van der Waals surface area contributed by atoms with Gasteiger partial charge in [0.2, 0.25) is 0 Å². The van der Waals surface area contributed by atoms with Crippen LogP contribution in [0.15, 0.2) is 15.9 Å². The van der Waals surface area contributed by atoms with Crippen LogP contribution >= 0.6 is 0 Å². The number of nitrogens with one attached hydrogen (secondary N) is 2. The Morgan fingerprint density at radius 2 is 1.94 bits per heavy atom. The molecule has 1 aliphatic carbocycles. The molecule has 0 bridgehead atoms. The molecule has 0 saturated heterocycles. The fourth-order valence-electron chi connectivity index (χ4n) is 4.25. The van der Waals surface area contributed by atoms with Crippen LogP contribution in [0.25, 0.3) is 11.2 Å². The van der Waals surface area contributed by atoms with E-state index in [1.165, 1.54) is 17.9 Å². The molecule has 1 saturated carbocycles. The van der Waals surface area contributed by atoms with E-state index in [-0.39, 0.29) is 34.7 Å². The number of H-pyrrole nitrogens is 1. The zero-order chi connectivity index (χ0) is 25.1. The van der Waals surface area contributed by atoms with E-state index < -0.39 is 16.8 Å². The number of carbonyl (C=O) groups is 2. The average molecular weight is 669 g/mol. The second kappa shape index (κ2) is 11.6. The maximum absolute atomic E-state index is 12.4. The van der Waals surface area contributed by atoms with Crippen LogP contribution in [-0.2, 0) is 54.5 Å². The number of ether oxygens (including phenoxy) is 1. The molecule has 1 fully saturated rings. The van der Waals surface area contributed by atoms with E-state index in [4.69, 9.17) is 4.74 Å².